The maximum absolute atomic E-state index is 9.11. The third kappa shape index (κ3) is 3.25. The van der Waals surface area contributed by atoms with Gasteiger partial charge < -0.3 is 9.30 Å². The molecule has 3 rings (SSSR count). The Morgan fingerprint density at radius 2 is 2.09 bits per heavy atom. The normalized spacial score (nSPS) is 15.2. The lowest BCUT2D eigenvalue weighted by atomic mass is 10.1. The average molecular weight is 309 g/mol. The van der Waals surface area contributed by atoms with Crippen LogP contribution in [0.1, 0.15) is 29.4 Å². The predicted molar refractivity (Wildman–Crippen MR) is 90.4 cm³/mol. The van der Waals surface area contributed by atoms with Gasteiger partial charge in [0.2, 0.25) is 0 Å². The molecule has 0 bridgehead atoms. The first-order valence-electron chi connectivity index (χ1n) is 8.14. The van der Waals surface area contributed by atoms with Crippen LogP contribution in [-0.2, 0) is 20.0 Å². The maximum Gasteiger partial charge on any atom is 0.124 e. The molecule has 23 heavy (non-hydrogen) atoms. The highest BCUT2D eigenvalue weighted by Crippen LogP contribution is 2.23. The van der Waals surface area contributed by atoms with E-state index < -0.39 is 0 Å². The first-order valence-corrected chi connectivity index (χ1v) is 8.14. The summed E-state index contributed by atoms with van der Waals surface area (Å²) in [5.41, 5.74) is 4.43. The first-order chi connectivity index (χ1) is 11.1. The van der Waals surface area contributed by atoms with Crippen molar-refractivity contribution in [1.29, 1.82) is 5.26 Å². The van der Waals surface area contributed by atoms with Gasteiger partial charge in [0.1, 0.15) is 23.6 Å². The second-order valence-corrected chi connectivity index (χ2v) is 6.25. The smallest absolute Gasteiger partial charge is 0.124 e. The summed E-state index contributed by atoms with van der Waals surface area (Å²) in [6.45, 7) is 6.98. The highest BCUT2D eigenvalue weighted by atomic mass is 16.5. The van der Waals surface area contributed by atoms with Gasteiger partial charge in [0.25, 0.3) is 0 Å². The van der Waals surface area contributed by atoms with E-state index in [0.29, 0.717) is 0 Å². The number of rotatable bonds is 5. The largest absolute Gasteiger partial charge is 0.488 e. The van der Waals surface area contributed by atoms with Gasteiger partial charge in [-0.1, -0.05) is 19.1 Å². The quantitative estimate of drug-likeness (QED) is 0.852. The Labute approximate surface area is 137 Å². The first kappa shape index (κ1) is 15.6. The van der Waals surface area contributed by atoms with Crippen LogP contribution in [0.3, 0.4) is 0 Å². The van der Waals surface area contributed by atoms with Crippen LogP contribution in [0.2, 0.25) is 0 Å². The number of benzene rings is 1. The number of hydrogen-bond acceptors (Lipinski definition) is 3. The minimum atomic E-state index is 0.265. The summed E-state index contributed by atoms with van der Waals surface area (Å²) in [6.07, 6.45) is 1.30. The molecule has 1 aromatic heterocycles. The number of nitriles is 1. The predicted octanol–water partition coefficient (Wildman–Crippen LogP) is 3.03. The molecule has 120 valence electrons. The molecule has 0 aliphatic carbocycles. The van der Waals surface area contributed by atoms with Crippen molar-refractivity contribution in [3.63, 3.8) is 0 Å². The molecule has 1 aromatic carbocycles. The molecule has 1 fully saturated rings. The van der Waals surface area contributed by atoms with Crippen LogP contribution in [0.25, 0.3) is 0 Å². The summed E-state index contributed by atoms with van der Waals surface area (Å²) >= 11 is 0. The van der Waals surface area contributed by atoms with Crippen LogP contribution in [-0.4, -0.2) is 28.7 Å². The van der Waals surface area contributed by atoms with E-state index in [0.717, 1.165) is 37.5 Å². The van der Waals surface area contributed by atoms with Crippen molar-refractivity contribution in [2.75, 3.05) is 13.1 Å². The Morgan fingerprint density at radius 3 is 2.74 bits per heavy atom. The third-order valence-electron chi connectivity index (χ3n) is 4.68. The maximum atomic E-state index is 9.11. The lowest BCUT2D eigenvalue weighted by molar-refractivity contribution is 0.0144. The monoisotopic (exact) mass is 309 g/mol. The molecule has 2 heterocycles. The van der Waals surface area contributed by atoms with E-state index in [2.05, 4.69) is 43.0 Å². The van der Waals surface area contributed by atoms with E-state index in [1.807, 2.05) is 23.7 Å². The zero-order valence-corrected chi connectivity index (χ0v) is 14.0. The molecule has 0 radical (unpaired) electrons. The van der Waals surface area contributed by atoms with Crippen LogP contribution in [0.4, 0.5) is 0 Å². The molecule has 0 unspecified atom stereocenters. The second-order valence-electron chi connectivity index (χ2n) is 6.25. The SMILES string of the molecule is CCc1cccc(OC2CN(Cc3cc(C#N)n(C)c3C)C2)c1. The van der Waals surface area contributed by atoms with Crippen LogP contribution >= 0.6 is 0 Å². The van der Waals surface area contributed by atoms with E-state index >= 15 is 0 Å². The minimum absolute atomic E-state index is 0.265. The summed E-state index contributed by atoms with van der Waals surface area (Å²) in [7, 11) is 1.94. The van der Waals surface area contributed by atoms with Crippen molar-refractivity contribution in [3.05, 3.63) is 52.8 Å². The molecule has 4 heteroatoms. The summed E-state index contributed by atoms with van der Waals surface area (Å²) in [5.74, 6) is 0.969. The van der Waals surface area contributed by atoms with Crippen molar-refractivity contribution in [2.24, 2.45) is 7.05 Å². The third-order valence-corrected chi connectivity index (χ3v) is 4.68. The molecule has 0 atom stereocenters. The number of hydrogen-bond donors (Lipinski definition) is 0. The highest BCUT2D eigenvalue weighted by Gasteiger charge is 2.29. The van der Waals surface area contributed by atoms with Gasteiger partial charge in [-0.25, -0.2) is 0 Å². The molecule has 2 aromatic rings. The lowest BCUT2D eigenvalue weighted by Crippen LogP contribution is -2.53. The lowest BCUT2D eigenvalue weighted by Gasteiger charge is -2.39. The number of aromatic nitrogens is 1. The molecule has 1 aliphatic rings. The average Bonchev–Trinajstić information content (AvgIpc) is 2.80. The fourth-order valence-corrected chi connectivity index (χ4v) is 3.03. The van der Waals surface area contributed by atoms with Crippen LogP contribution in [0.5, 0.6) is 5.75 Å². The number of aryl methyl sites for hydroxylation is 1. The number of nitrogens with zero attached hydrogens (tertiary/aromatic N) is 3. The fourth-order valence-electron chi connectivity index (χ4n) is 3.03. The van der Waals surface area contributed by atoms with Crippen LogP contribution < -0.4 is 4.74 Å². The van der Waals surface area contributed by atoms with Gasteiger partial charge in [-0.2, -0.15) is 5.26 Å². The zero-order valence-electron chi connectivity index (χ0n) is 14.0. The molecule has 0 amide bonds. The van der Waals surface area contributed by atoms with Gasteiger partial charge in [-0.15, -0.1) is 0 Å². The summed E-state index contributed by atoms with van der Waals surface area (Å²) in [4.78, 5) is 2.36. The van der Waals surface area contributed by atoms with Gasteiger partial charge in [-0.3, -0.25) is 4.90 Å². The summed E-state index contributed by atoms with van der Waals surface area (Å²) in [5, 5.41) is 9.11. The van der Waals surface area contributed by atoms with E-state index in [1.54, 1.807) is 0 Å². The minimum Gasteiger partial charge on any atom is -0.488 e. The van der Waals surface area contributed by atoms with Gasteiger partial charge >= 0.3 is 0 Å². The van der Waals surface area contributed by atoms with Crippen molar-refractivity contribution < 1.29 is 4.74 Å². The Morgan fingerprint density at radius 1 is 1.30 bits per heavy atom. The van der Waals surface area contributed by atoms with Crippen molar-refractivity contribution in [1.82, 2.24) is 9.47 Å². The van der Waals surface area contributed by atoms with Gasteiger partial charge in [0.15, 0.2) is 0 Å². The Kier molecular flexibility index (Phi) is 4.40. The number of ether oxygens (including phenoxy) is 1. The molecular formula is C19H23N3O. The Hall–Kier alpha value is -2.25. The zero-order chi connectivity index (χ0) is 16.4. The van der Waals surface area contributed by atoms with E-state index in [-0.39, 0.29) is 6.10 Å². The van der Waals surface area contributed by atoms with Crippen molar-refractivity contribution in [2.45, 2.75) is 32.9 Å². The van der Waals surface area contributed by atoms with Crippen molar-refractivity contribution >= 4 is 0 Å². The Balaban J connectivity index is 1.54. The molecule has 0 saturated carbocycles. The van der Waals surface area contributed by atoms with Crippen LogP contribution in [0, 0.1) is 18.3 Å². The fraction of sp³-hybridized carbons (Fsp3) is 0.421. The molecule has 4 nitrogen and oxygen atoms in total. The van der Waals surface area contributed by atoms with Gasteiger partial charge in [-0.05, 0) is 42.7 Å². The number of likely N-dealkylation sites (tertiary alicyclic amines) is 1. The van der Waals surface area contributed by atoms with Crippen molar-refractivity contribution in [3.8, 4) is 11.8 Å². The highest BCUT2D eigenvalue weighted by molar-refractivity contribution is 5.34. The van der Waals surface area contributed by atoms with E-state index in [1.165, 1.54) is 16.8 Å². The van der Waals surface area contributed by atoms with E-state index in [4.69, 9.17) is 10.00 Å². The standard InChI is InChI=1S/C19H23N3O/c1-4-15-6-5-7-18(8-15)23-19-12-22(13-19)11-16-9-17(10-20)21(3)14(16)2/h5-9,19H,4,11-13H2,1-3H3. The van der Waals surface area contributed by atoms with Gasteiger partial charge in [0, 0.05) is 32.4 Å². The van der Waals surface area contributed by atoms with Gasteiger partial charge in [0.05, 0.1) is 0 Å². The summed E-state index contributed by atoms with van der Waals surface area (Å²) < 4.78 is 8.00. The molecule has 1 saturated heterocycles. The molecule has 0 N–H and O–H groups in total. The molecule has 1 aliphatic heterocycles. The van der Waals surface area contributed by atoms with Crippen LogP contribution in [0.15, 0.2) is 30.3 Å². The molecule has 0 spiro atoms. The second kappa shape index (κ2) is 6.47. The topological polar surface area (TPSA) is 41.2 Å². The summed E-state index contributed by atoms with van der Waals surface area (Å²) in [6, 6.07) is 12.6. The molecular weight excluding hydrogens is 286 g/mol. The van der Waals surface area contributed by atoms with E-state index in [9.17, 15) is 0 Å². The Bertz CT molecular complexity index is 736.